The van der Waals surface area contributed by atoms with E-state index in [9.17, 15) is 19.8 Å². The highest BCUT2D eigenvalue weighted by molar-refractivity contribution is 5.77. The molecule has 3 N–H and O–H groups in total. The molecule has 3 unspecified atom stereocenters. The molecule has 3 atom stereocenters. The third-order valence-corrected chi connectivity index (χ3v) is 13.0. The normalized spacial score (nSPS) is 13.6. The Morgan fingerprint density at radius 3 is 1.23 bits per heavy atom. The molecule has 0 bridgehead atoms. The van der Waals surface area contributed by atoms with Gasteiger partial charge in [-0.15, -0.1) is 0 Å². The van der Waals surface area contributed by atoms with Crippen LogP contribution in [-0.4, -0.2) is 46.9 Å². The van der Waals surface area contributed by atoms with Crippen LogP contribution in [0.4, 0.5) is 0 Å². The fourth-order valence-corrected chi connectivity index (χ4v) is 8.64. The van der Waals surface area contributed by atoms with Crippen LogP contribution in [0.5, 0.6) is 0 Å². The van der Waals surface area contributed by atoms with Crippen molar-refractivity contribution in [3.05, 3.63) is 60.8 Å². The number of hydrogen-bond donors (Lipinski definition) is 3. The number of hydrogen-bond acceptors (Lipinski definition) is 5. The van der Waals surface area contributed by atoms with Crippen molar-refractivity contribution >= 4 is 11.9 Å². The zero-order chi connectivity index (χ0) is 48.1. The summed E-state index contributed by atoms with van der Waals surface area (Å²) < 4.78 is 5.94. The summed E-state index contributed by atoms with van der Waals surface area (Å²) >= 11 is 0. The molecule has 0 aromatic carbocycles. The van der Waals surface area contributed by atoms with Crippen molar-refractivity contribution in [3.8, 4) is 0 Å². The van der Waals surface area contributed by atoms with Gasteiger partial charge in [0.1, 0.15) is 6.10 Å². The Morgan fingerprint density at radius 1 is 0.439 bits per heavy atom. The Kier molecular flexibility index (Phi) is 51.5. The van der Waals surface area contributed by atoms with Crippen LogP contribution in [0.25, 0.3) is 0 Å². The highest BCUT2D eigenvalue weighted by Gasteiger charge is 2.24. The van der Waals surface area contributed by atoms with Gasteiger partial charge in [-0.05, 0) is 44.9 Å². The van der Waals surface area contributed by atoms with Crippen molar-refractivity contribution in [2.45, 2.75) is 302 Å². The van der Waals surface area contributed by atoms with E-state index in [1.54, 1.807) is 0 Å². The van der Waals surface area contributed by atoms with Gasteiger partial charge >= 0.3 is 5.97 Å². The fourth-order valence-electron chi connectivity index (χ4n) is 8.64. The summed E-state index contributed by atoms with van der Waals surface area (Å²) in [6.45, 7) is 6.41. The van der Waals surface area contributed by atoms with E-state index in [4.69, 9.17) is 4.74 Å². The zero-order valence-electron chi connectivity index (χ0n) is 43.8. The van der Waals surface area contributed by atoms with Gasteiger partial charge in [-0.2, -0.15) is 0 Å². The zero-order valence-corrected chi connectivity index (χ0v) is 43.8. The van der Waals surface area contributed by atoms with Gasteiger partial charge in [-0.1, -0.05) is 287 Å². The lowest BCUT2D eigenvalue weighted by molar-refractivity contribution is -0.151. The number of amides is 1. The van der Waals surface area contributed by atoms with Crippen LogP contribution in [0.2, 0.25) is 0 Å². The average molecular weight is 925 g/mol. The minimum Gasteiger partial charge on any atom is -0.462 e. The van der Waals surface area contributed by atoms with Gasteiger partial charge in [0.05, 0.1) is 25.2 Å². The highest BCUT2D eigenvalue weighted by Crippen LogP contribution is 2.18. The van der Waals surface area contributed by atoms with Crippen molar-refractivity contribution in [1.82, 2.24) is 5.32 Å². The van der Waals surface area contributed by atoms with Crippen LogP contribution in [0, 0.1) is 0 Å². The molecule has 0 rings (SSSR count). The Hall–Kier alpha value is -2.44. The van der Waals surface area contributed by atoms with E-state index in [1.165, 1.54) is 167 Å². The first-order valence-electron chi connectivity index (χ1n) is 28.6. The van der Waals surface area contributed by atoms with Crippen LogP contribution in [0.3, 0.4) is 0 Å². The average Bonchev–Trinajstić information content (AvgIpc) is 3.31. The van der Waals surface area contributed by atoms with Gasteiger partial charge in [0.2, 0.25) is 5.91 Å². The summed E-state index contributed by atoms with van der Waals surface area (Å²) in [6.07, 6.45) is 67.1. The van der Waals surface area contributed by atoms with Gasteiger partial charge in [0, 0.05) is 6.42 Å². The first-order chi connectivity index (χ1) is 32.5. The molecular weight excluding hydrogens is 815 g/mol. The van der Waals surface area contributed by atoms with Crippen molar-refractivity contribution in [1.29, 1.82) is 0 Å². The van der Waals surface area contributed by atoms with Crippen molar-refractivity contribution in [3.63, 3.8) is 0 Å². The molecule has 0 fully saturated rings. The van der Waals surface area contributed by atoms with Crippen LogP contribution in [0.15, 0.2) is 60.8 Å². The van der Waals surface area contributed by atoms with Crippen molar-refractivity contribution in [2.24, 2.45) is 0 Å². The fraction of sp³-hybridized carbons (Fsp3) is 0.800. The molecule has 384 valence electrons. The van der Waals surface area contributed by atoms with E-state index in [-0.39, 0.29) is 24.9 Å². The minimum absolute atomic E-state index is 0.0508. The van der Waals surface area contributed by atoms with Gasteiger partial charge in [-0.25, -0.2) is 0 Å². The summed E-state index contributed by atoms with van der Waals surface area (Å²) in [6, 6.07) is -0.716. The largest absolute Gasteiger partial charge is 0.462 e. The Morgan fingerprint density at radius 2 is 0.803 bits per heavy atom. The summed E-state index contributed by atoms with van der Waals surface area (Å²) in [5.74, 6) is -0.505. The predicted octanol–water partition coefficient (Wildman–Crippen LogP) is 17.6. The third kappa shape index (κ3) is 48.0. The van der Waals surface area contributed by atoms with E-state index < -0.39 is 18.2 Å². The first-order valence-corrected chi connectivity index (χ1v) is 28.6. The molecule has 1 amide bonds. The minimum atomic E-state index is -0.800. The molecule has 0 aliphatic heterocycles. The van der Waals surface area contributed by atoms with Crippen LogP contribution in [-0.2, 0) is 14.3 Å². The summed E-state index contributed by atoms with van der Waals surface area (Å²) in [4.78, 5) is 26.3. The lowest BCUT2D eigenvalue weighted by Gasteiger charge is -2.24. The standard InChI is InChI=1S/C60H109NO5/c1-4-7-10-13-16-19-22-25-27-29-30-32-35-38-41-44-47-50-53-60(65)66-56(51-48-45-42-39-36-34-31-28-26-23-20-17-14-11-8-5-2)54-59(64)61-57(55-62)58(63)52-49-46-43-40-37-33-24-21-18-15-12-9-6-3/h11,14,17,20,23,26,28,31,34,36,56-58,62-63H,4-10,12-13,15-16,18-19,21-22,24-25,27,29-30,32-33,35,37-55H2,1-3H3,(H,61,64)/b14-11+,20-17+,26-23+,31-28+,36-34+. The maximum atomic E-state index is 13.3. The lowest BCUT2D eigenvalue weighted by Crippen LogP contribution is -2.46. The van der Waals surface area contributed by atoms with Crippen LogP contribution in [0.1, 0.15) is 284 Å². The summed E-state index contributed by atoms with van der Waals surface area (Å²) in [5.41, 5.74) is 0. The molecule has 0 aliphatic rings. The molecule has 0 heterocycles. The Labute approximate surface area is 409 Å². The molecule has 6 nitrogen and oxygen atoms in total. The number of ether oxygens (including phenoxy) is 1. The van der Waals surface area contributed by atoms with Gasteiger partial charge in [0.15, 0.2) is 0 Å². The molecule has 66 heavy (non-hydrogen) atoms. The number of aliphatic hydroxyl groups excluding tert-OH is 2. The number of rotatable bonds is 51. The second-order valence-electron chi connectivity index (χ2n) is 19.5. The lowest BCUT2D eigenvalue weighted by atomic mass is 10.0. The highest BCUT2D eigenvalue weighted by atomic mass is 16.5. The number of esters is 1. The molecule has 0 aliphatic carbocycles. The van der Waals surface area contributed by atoms with Crippen LogP contribution >= 0.6 is 0 Å². The number of unbranched alkanes of at least 4 members (excludes halogenated alkanes) is 33. The molecule has 0 saturated heterocycles. The maximum Gasteiger partial charge on any atom is 0.306 e. The molecule has 6 heteroatoms. The van der Waals surface area contributed by atoms with Gasteiger partial charge < -0.3 is 20.3 Å². The smallest absolute Gasteiger partial charge is 0.306 e. The quantitative estimate of drug-likeness (QED) is 0.0321. The van der Waals surface area contributed by atoms with Gasteiger partial charge in [0.25, 0.3) is 0 Å². The predicted molar refractivity (Wildman–Crippen MR) is 287 cm³/mol. The molecular formula is C60H109NO5. The van der Waals surface area contributed by atoms with E-state index in [1.807, 2.05) is 30.4 Å². The van der Waals surface area contributed by atoms with Crippen molar-refractivity contribution < 1.29 is 24.5 Å². The molecule has 0 aromatic rings. The number of carbonyl (C=O) groups excluding carboxylic acids is 2. The topological polar surface area (TPSA) is 95.9 Å². The molecule has 0 radical (unpaired) electrons. The van der Waals surface area contributed by atoms with E-state index in [0.29, 0.717) is 19.3 Å². The molecule has 0 spiro atoms. The molecule has 0 saturated carbocycles. The van der Waals surface area contributed by atoms with E-state index in [0.717, 1.165) is 70.6 Å². The van der Waals surface area contributed by atoms with Gasteiger partial charge in [-0.3, -0.25) is 9.59 Å². The number of aliphatic hydroxyl groups is 2. The third-order valence-electron chi connectivity index (χ3n) is 13.0. The SMILES string of the molecule is CCC/C=C/C=C/C=C/C=C/C=C/CCCCCC(CC(=O)NC(CO)C(O)CCCCCCCCCCCCCCC)OC(=O)CCCCCCCCCCCCCCCCCCCC. The molecule has 0 aromatic heterocycles. The second-order valence-corrected chi connectivity index (χ2v) is 19.5. The summed E-state index contributed by atoms with van der Waals surface area (Å²) in [7, 11) is 0. The number of allylic oxidation sites excluding steroid dienone is 10. The van der Waals surface area contributed by atoms with Crippen molar-refractivity contribution in [2.75, 3.05) is 6.61 Å². The number of carbonyl (C=O) groups is 2. The maximum absolute atomic E-state index is 13.3. The number of nitrogens with one attached hydrogen (secondary N) is 1. The van der Waals surface area contributed by atoms with E-state index in [2.05, 4.69) is 56.5 Å². The van der Waals surface area contributed by atoms with Crippen LogP contribution < -0.4 is 5.32 Å². The summed E-state index contributed by atoms with van der Waals surface area (Å²) in [5, 5.41) is 23.8. The van der Waals surface area contributed by atoms with E-state index >= 15 is 0 Å². The Bertz CT molecular complexity index is 1170. The monoisotopic (exact) mass is 924 g/mol. The Balaban J connectivity index is 4.62. The second kappa shape index (κ2) is 53.5. The first kappa shape index (κ1) is 63.6.